The summed E-state index contributed by atoms with van der Waals surface area (Å²) in [7, 11) is 4.90. The largest absolute Gasteiger partial charge is 1.00 e. The number of nitrogens with one attached hydrogen (secondary N) is 2. The van der Waals surface area contributed by atoms with Crippen LogP contribution in [-0.4, -0.2) is 32.9 Å². The van der Waals surface area contributed by atoms with Crippen molar-refractivity contribution in [2.75, 3.05) is 27.9 Å². The van der Waals surface area contributed by atoms with E-state index in [1.807, 2.05) is 12.1 Å². The second-order valence-electron chi connectivity index (χ2n) is 6.16. The first-order chi connectivity index (χ1) is 12.3. The number of aromatic amines is 1. The van der Waals surface area contributed by atoms with Crippen LogP contribution in [0.1, 0.15) is 22.9 Å². The van der Waals surface area contributed by atoms with Gasteiger partial charge in [0.25, 0.3) is 0 Å². The van der Waals surface area contributed by atoms with E-state index in [0.29, 0.717) is 17.2 Å². The summed E-state index contributed by atoms with van der Waals surface area (Å²) in [5.41, 5.74) is 4.85. The number of H-pyrrole nitrogens is 1. The molecule has 1 aliphatic rings. The number of ether oxygens (including phenoxy) is 3. The van der Waals surface area contributed by atoms with Gasteiger partial charge in [0.15, 0.2) is 11.5 Å². The molecule has 1 atom stereocenters. The van der Waals surface area contributed by atoms with Gasteiger partial charge in [-0.2, -0.15) is 0 Å². The molecular formula is C20H22ClN2O3-. The second-order valence-corrected chi connectivity index (χ2v) is 6.16. The molecule has 1 aliphatic heterocycles. The molecule has 0 spiro atoms. The molecule has 1 unspecified atom stereocenters. The zero-order valence-corrected chi connectivity index (χ0v) is 15.8. The van der Waals surface area contributed by atoms with E-state index in [0.717, 1.165) is 18.5 Å². The molecule has 2 heterocycles. The Morgan fingerprint density at radius 1 is 0.962 bits per heavy atom. The maximum absolute atomic E-state index is 5.51. The van der Waals surface area contributed by atoms with Crippen molar-refractivity contribution in [2.24, 2.45) is 0 Å². The molecule has 3 aromatic rings. The fourth-order valence-electron chi connectivity index (χ4n) is 3.73. The fourth-order valence-corrected chi connectivity index (χ4v) is 3.73. The number of para-hydroxylation sites is 1. The maximum atomic E-state index is 5.51. The fraction of sp³-hybridized carbons (Fsp3) is 0.300. The van der Waals surface area contributed by atoms with Crippen molar-refractivity contribution < 1.29 is 26.6 Å². The van der Waals surface area contributed by atoms with Crippen molar-refractivity contribution in [3.05, 3.63) is 53.2 Å². The molecule has 0 fully saturated rings. The molecule has 0 amide bonds. The highest BCUT2D eigenvalue weighted by atomic mass is 35.5. The number of hydrogen-bond donors (Lipinski definition) is 2. The lowest BCUT2D eigenvalue weighted by Gasteiger charge is -2.26. The molecule has 0 saturated heterocycles. The summed E-state index contributed by atoms with van der Waals surface area (Å²) in [6, 6.07) is 12.5. The first-order valence-corrected chi connectivity index (χ1v) is 8.39. The molecular weight excluding hydrogens is 352 g/mol. The number of aromatic nitrogens is 1. The van der Waals surface area contributed by atoms with E-state index >= 15 is 0 Å². The minimum atomic E-state index is 0. The van der Waals surface area contributed by atoms with Gasteiger partial charge in [0, 0.05) is 23.1 Å². The zero-order valence-electron chi connectivity index (χ0n) is 15.1. The van der Waals surface area contributed by atoms with Gasteiger partial charge < -0.3 is 36.9 Å². The SMILES string of the molecule is COc1cc(C2NCCc3c2[nH]c2ccccc32)cc(OC)c1OC.[Cl-]. The van der Waals surface area contributed by atoms with E-state index in [4.69, 9.17) is 14.2 Å². The van der Waals surface area contributed by atoms with Crippen LogP contribution >= 0.6 is 0 Å². The Balaban J connectivity index is 0.00000196. The van der Waals surface area contributed by atoms with Gasteiger partial charge in [0.05, 0.1) is 27.4 Å². The molecule has 0 saturated carbocycles. The molecule has 2 N–H and O–H groups in total. The van der Waals surface area contributed by atoms with Crippen molar-refractivity contribution >= 4 is 10.9 Å². The summed E-state index contributed by atoms with van der Waals surface area (Å²) in [5, 5.41) is 4.91. The summed E-state index contributed by atoms with van der Waals surface area (Å²) in [5.74, 6) is 1.95. The Bertz CT molecular complexity index is 898. The Hall–Kier alpha value is -2.37. The van der Waals surface area contributed by atoms with Gasteiger partial charge in [-0.25, -0.2) is 0 Å². The average Bonchev–Trinajstić information content (AvgIpc) is 3.05. The number of hydrogen-bond acceptors (Lipinski definition) is 4. The van der Waals surface area contributed by atoms with E-state index < -0.39 is 0 Å². The predicted octanol–water partition coefficient (Wildman–Crippen LogP) is 0.433. The second kappa shape index (κ2) is 7.48. The molecule has 0 radical (unpaired) electrons. The van der Waals surface area contributed by atoms with Gasteiger partial charge in [-0.3, -0.25) is 0 Å². The van der Waals surface area contributed by atoms with Crippen LogP contribution in [0.15, 0.2) is 36.4 Å². The molecule has 26 heavy (non-hydrogen) atoms. The number of fused-ring (bicyclic) bond motifs is 3. The zero-order chi connectivity index (χ0) is 17.4. The quantitative estimate of drug-likeness (QED) is 0.696. The minimum absolute atomic E-state index is 0. The van der Waals surface area contributed by atoms with E-state index in [9.17, 15) is 0 Å². The lowest BCUT2D eigenvalue weighted by molar-refractivity contribution is -0.00000585. The molecule has 5 nitrogen and oxygen atoms in total. The number of rotatable bonds is 4. The van der Waals surface area contributed by atoms with Crippen molar-refractivity contribution in [3.8, 4) is 17.2 Å². The Labute approximate surface area is 159 Å². The summed E-state index contributed by atoms with van der Waals surface area (Å²) in [6.45, 7) is 0.927. The summed E-state index contributed by atoms with van der Waals surface area (Å²) < 4.78 is 16.5. The van der Waals surface area contributed by atoms with E-state index in [1.54, 1.807) is 21.3 Å². The highest BCUT2D eigenvalue weighted by Gasteiger charge is 2.27. The molecule has 4 rings (SSSR count). The van der Waals surface area contributed by atoms with Crippen LogP contribution in [0.5, 0.6) is 17.2 Å². The smallest absolute Gasteiger partial charge is 0.203 e. The Kier molecular flexibility index (Phi) is 5.30. The topological polar surface area (TPSA) is 55.5 Å². The van der Waals surface area contributed by atoms with Crippen LogP contribution in [0, 0.1) is 0 Å². The van der Waals surface area contributed by atoms with Crippen LogP contribution in [0.2, 0.25) is 0 Å². The monoisotopic (exact) mass is 373 g/mol. The third-order valence-corrected chi connectivity index (χ3v) is 4.88. The van der Waals surface area contributed by atoms with Gasteiger partial charge in [-0.1, -0.05) is 18.2 Å². The molecule has 0 bridgehead atoms. The van der Waals surface area contributed by atoms with Gasteiger partial charge in [0.2, 0.25) is 5.75 Å². The molecule has 138 valence electrons. The predicted molar refractivity (Wildman–Crippen MR) is 97.9 cm³/mol. The first kappa shape index (κ1) is 18.4. The lowest BCUT2D eigenvalue weighted by atomic mass is 9.94. The maximum Gasteiger partial charge on any atom is 0.203 e. The van der Waals surface area contributed by atoms with Crippen molar-refractivity contribution in [1.29, 1.82) is 0 Å². The van der Waals surface area contributed by atoms with Crippen LogP contribution in [0.4, 0.5) is 0 Å². The average molecular weight is 374 g/mol. The Morgan fingerprint density at radius 3 is 2.31 bits per heavy atom. The molecule has 6 heteroatoms. The third kappa shape index (κ3) is 2.87. The Morgan fingerprint density at radius 2 is 1.65 bits per heavy atom. The minimum Gasteiger partial charge on any atom is -1.00 e. The number of benzene rings is 2. The number of methoxy groups -OCH3 is 3. The normalized spacial score (nSPS) is 15.9. The van der Waals surface area contributed by atoms with Gasteiger partial charge >= 0.3 is 0 Å². The van der Waals surface area contributed by atoms with Crippen LogP contribution in [-0.2, 0) is 6.42 Å². The van der Waals surface area contributed by atoms with Gasteiger partial charge in [-0.05, 0) is 35.7 Å². The van der Waals surface area contributed by atoms with Crippen molar-refractivity contribution in [1.82, 2.24) is 10.3 Å². The molecule has 2 aromatic carbocycles. The van der Waals surface area contributed by atoms with Crippen LogP contribution in [0.25, 0.3) is 10.9 Å². The van der Waals surface area contributed by atoms with Crippen LogP contribution < -0.4 is 31.9 Å². The van der Waals surface area contributed by atoms with Crippen LogP contribution in [0.3, 0.4) is 0 Å². The summed E-state index contributed by atoms with van der Waals surface area (Å²) >= 11 is 0. The lowest BCUT2D eigenvalue weighted by Crippen LogP contribution is -3.00. The van der Waals surface area contributed by atoms with Crippen molar-refractivity contribution in [3.63, 3.8) is 0 Å². The molecule has 1 aromatic heterocycles. The van der Waals surface area contributed by atoms with Gasteiger partial charge in [0.1, 0.15) is 0 Å². The van der Waals surface area contributed by atoms with Gasteiger partial charge in [-0.15, -0.1) is 0 Å². The standard InChI is InChI=1S/C20H22N2O3.ClH/c1-23-16-10-12(11-17(24-2)20(16)25-3)18-19-14(8-9-21-18)13-6-4-5-7-15(13)22-19;/h4-7,10-11,18,21-22H,8-9H2,1-3H3;1H/p-1. The summed E-state index contributed by atoms with van der Waals surface area (Å²) in [6.07, 6.45) is 1.01. The summed E-state index contributed by atoms with van der Waals surface area (Å²) in [4.78, 5) is 3.59. The van der Waals surface area contributed by atoms with E-state index in [1.165, 1.54) is 22.2 Å². The number of halogens is 1. The highest BCUT2D eigenvalue weighted by Crippen LogP contribution is 2.42. The van der Waals surface area contributed by atoms with E-state index in [2.05, 4.69) is 34.6 Å². The first-order valence-electron chi connectivity index (χ1n) is 8.39. The molecule has 0 aliphatic carbocycles. The van der Waals surface area contributed by atoms with Crippen molar-refractivity contribution in [2.45, 2.75) is 12.5 Å². The third-order valence-electron chi connectivity index (χ3n) is 4.88. The highest BCUT2D eigenvalue weighted by molar-refractivity contribution is 5.85. The van der Waals surface area contributed by atoms with E-state index in [-0.39, 0.29) is 18.4 Å².